The summed E-state index contributed by atoms with van der Waals surface area (Å²) < 4.78 is 5.14. The van der Waals surface area contributed by atoms with Crippen LogP contribution >= 0.6 is 0 Å². The first-order chi connectivity index (χ1) is 10.1. The summed E-state index contributed by atoms with van der Waals surface area (Å²) in [4.78, 5) is 29.4. The number of amides is 1. The molecule has 1 aliphatic carbocycles. The van der Waals surface area contributed by atoms with Gasteiger partial charge in [-0.3, -0.25) is 9.78 Å². The van der Waals surface area contributed by atoms with Gasteiger partial charge in [0.25, 0.3) is 5.91 Å². The molecule has 1 saturated heterocycles. The van der Waals surface area contributed by atoms with Crippen LogP contribution < -0.4 is 0 Å². The molecule has 0 radical (unpaired) electrons. The second-order valence-electron chi connectivity index (χ2n) is 5.49. The summed E-state index contributed by atoms with van der Waals surface area (Å²) in [6.45, 7) is 0.756. The molecule has 1 atom stereocenters. The molecule has 1 aromatic rings. The largest absolute Gasteiger partial charge is 0.479 e. The second kappa shape index (κ2) is 5.81. The molecule has 0 bridgehead atoms. The zero-order valence-corrected chi connectivity index (χ0v) is 11.7. The fourth-order valence-electron chi connectivity index (χ4n) is 2.87. The zero-order valence-electron chi connectivity index (χ0n) is 11.7. The highest BCUT2D eigenvalue weighted by Crippen LogP contribution is 2.21. The molecule has 1 amide bonds. The van der Waals surface area contributed by atoms with Crippen LogP contribution in [0.2, 0.25) is 0 Å². The molecular formula is C15H18N2O4. The van der Waals surface area contributed by atoms with Crippen molar-refractivity contribution in [3.63, 3.8) is 0 Å². The summed E-state index contributed by atoms with van der Waals surface area (Å²) >= 11 is 0. The van der Waals surface area contributed by atoms with Crippen molar-refractivity contribution in [1.82, 2.24) is 9.88 Å². The van der Waals surface area contributed by atoms with E-state index in [9.17, 15) is 9.59 Å². The standard InChI is InChI=1S/C15H18N2O4/c18-14(17-5-6-21-13(9-17)15(19)20)11-7-10-3-1-2-4-12(10)16-8-11/h7-8,13H,1-6,9H2,(H,19,20)/t13-/m1/s1. The molecule has 112 valence electrons. The molecule has 0 aromatic carbocycles. The Hall–Kier alpha value is -1.95. The third kappa shape index (κ3) is 2.90. The first-order valence-corrected chi connectivity index (χ1v) is 7.26. The van der Waals surface area contributed by atoms with Crippen molar-refractivity contribution in [2.75, 3.05) is 19.7 Å². The summed E-state index contributed by atoms with van der Waals surface area (Å²) in [6, 6.07) is 1.91. The lowest BCUT2D eigenvalue weighted by Crippen LogP contribution is -2.48. The highest BCUT2D eigenvalue weighted by Gasteiger charge is 2.29. The number of rotatable bonds is 2. The van der Waals surface area contributed by atoms with Gasteiger partial charge in [0.1, 0.15) is 0 Å². The maximum Gasteiger partial charge on any atom is 0.334 e. The minimum atomic E-state index is -1.03. The number of carbonyl (C=O) groups excluding carboxylic acids is 1. The first kappa shape index (κ1) is 14.0. The van der Waals surface area contributed by atoms with E-state index in [4.69, 9.17) is 9.84 Å². The number of hydrogen-bond donors (Lipinski definition) is 1. The molecule has 0 saturated carbocycles. The van der Waals surface area contributed by atoms with Crippen molar-refractivity contribution < 1.29 is 19.4 Å². The van der Waals surface area contributed by atoms with Crippen molar-refractivity contribution >= 4 is 11.9 Å². The average Bonchev–Trinajstić information content (AvgIpc) is 2.53. The Kier molecular flexibility index (Phi) is 3.88. The van der Waals surface area contributed by atoms with Crippen LogP contribution in [-0.4, -0.2) is 52.7 Å². The molecule has 6 heteroatoms. The minimum absolute atomic E-state index is 0.0885. The quantitative estimate of drug-likeness (QED) is 0.875. The molecule has 21 heavy (non-hydrogen) atoms. The second-order valence-corrected chi connectivity index (χ2v) is 5.49. The fraction of sp³-hybridized carbons (Fsp3) is 0.533. The number of hydrogen-bond acceptors (Lipinski definition) is 4. The lowest BCUT2D eigenvalue weighted by molar-refractivity contribution is -0.154. The van der Waals surface area contributed by atoms with Gasteiger partial charge in [-0.25, -0.2) is 4.79 Å². The van der Waals surface area contributed by atoms with Gasteiger partial charge in [-0.1, -0.05) is 0 Å². The Bertz CT molecular complexity index is 573. The van der Waals surface area contributed by atoms with Gasteiger partial charge in [0.05, 0.1) is 18.7 Å². The van der Waals surface area contributed by atoms with Crippen molar-refractivity contribution in [3.05, 3.63) is 29.1 Å². The minimum Gasteiger partial charge on any atom is -0.479 e. The van der Waals surface area contributed by atoms with E-state index in [1.165, 1.54) is 4.90 Å². The van der Waals surface area contributed by atoms with Gasteiger partial charge < -0.3 is 14.7 Å². The number of carboxylic acid groups (broad SMARTS) is 1. The highest BCUT2D eigenvalue weighted by molar-refractivity contribution is 5.94. The molecule has 2 aliphatic rings. The number of aliphatic carboxylic acids is 1. The summed E-state index contributed by atoms with van der Waals surface area (Å²) in [5.41, 5.74) is 2.78. The molecule has 0 spiro atoms. The Morgan fingerprint density at radius 2 is 2.14 bits per heavy atom. The molecule has 6 nitrogen and oxygen atoms in total. The van der Waals surface area contributed by atoms with Gasteiger partial charge in [-0.05, 0) is 37.3 Å². The van der Waals surface area contributed by atoms with Crippen LogP contribution in [0.25, 0.3) is 0 Å². The highest BCUT2D eigenvalue weighted by atomic mass is 16.5. The predicted octanol–water partition coefficient (Wildman–Crippen LogP) is 0.886. The lowest BCUT2D eigenvalue weighted by atomic mass is 9.95. The van der Waals surface area contributed by atoms with Crippen LogP contribution in [0.15, 0.2) is 12.3 Å². The van der Waals surface area contributed by atoms with E-state index >= 15 is 0 Å². The predicted molar refractivity (Wildman–Crippen MR) is 74.2 cm³/mol. The van der Waals surface area contributed by atoms with Gasteiger partial charge >= 0.3 is 5.97 Å². The van der Waals surface area contributed by atoms with Crippen molar-refractivity contribution in [2.45, 2.75) is 31.8 Å². The number of nitrogens with zero attached hydrogens (tertiary/aromatic N) is 2. The Labute approximate surface area is 122 Å². The topological polar surface area (TPSA) is 79.7 Å². The van der Waals surface area contributed by atoms with E-state index in [0.29, 0.717) is 12.1 Å². The van der Waals surface area contributed by atoms with E-state index < -0.39 is 12.1 Å². The van der Waals surface area contributed by atoms with Crippen molar-refractivity contribution in [1.29, 1.82) is 0 Å². The van der Waals surface area contributed by atoms with Crippen molar-refractivity contribution in [2.24, 2.45) is 0 Å². The summed E-state index contributed by atoms with van der Waals surface area (Å²) in [7, 11) is 0. The normalized spacial score (nSPS) is 21.7. The Balaban J connectivity index is 1.77. The van der Waals surface area contributed by atoms with E-state index in [-0.39, 0.29) is 19.1 Å². The first-order valence-electron chi connectivity index (χ1n) is 7.26. The third-order valence-electron chi connectivity index (χ3n) is 4.05. The summed E-state index contributed by atoms with van der Waals surface area (Å²) in [5, 5.41) is 8.99. The van der Waals surface area contributed by atoms with Crippen molar-refractivity contribution in [3.8, 4) is 0 Å². The summed E-state index contributed by atoms with van der Waals surface area (Å²) in [6.07, 6.45) is 4.89. The maximum atomic E-state index is 12.5. The van der Waals surface area contributed by atoms with Crippen LogP contribution in [0, 0.1) is 0 Å². The molecular weight excluding hydrogens is 272 g/mol. The lowest BCUT2D eigenvalue weighted by Gasteiger charge is -2.31. The van der Waals surface area contributed by atoms with Crippen LogP contribution in [0.5, 0.6) is 0 Å². The van der Waals surface area contributed by atoms with Crippen LogP contribution in [0.3, 0.4) is 0 Å². The molecule has 3 rings (SSSR count). The SMILES string of the molecule is O=C(O)[C@H]1CN(C(=O)c2cnc3c(c2)CCCC3)CCO1. The van der Waals surface area contributed by atoms with Crippen LogP contribution in [0.1, 0.15) is 34.5 Å². The average molecular weight is 290 g/mol. The van der Waals surface area contributed by atoms with E-state index in [1.807, 2.05) is 6.07 Å². The van der Waals surface area contributed by atoms with Gasteiger partial charge in [-0.2, -0.15) is 0 Å². The third-order valence-corrected chi connectivity index (χ3v) is 4.05. The molecule has 0 unspecified atom stereocenters. The summed E-state index contributed by atoms with van der Waals surface area (Å²) in [5.74, 6) is -1.19. The number of aryl methyl sites for hydroxylation is 2. The van der Waals surface area contributed by atoms with Gasteiger partial charge in [0.15, 0.2) is 6.10 Å². The van der Waals surface area contributed by atoms with E-state index in [1.54, 1.807) is 6.20 Å². The number of pyridine rings is 1. The fourth-order valence-corrected chi connectivity index (χ4v) is 2.87. The number of aromatic nitrogens is 1. The molecule has 2 heterocycles. The van der Waals surface area contributed by atoms with Gasteiger partial charge in [0, 0.05) is 18.4 Å². The van der Waals surface area contributed by atoms with E-state index in [0.717, 1.165) is 36.9 Å². The number of morpholine rings is 1. The number of fused-ring (bicyclic) bond motifs is 1. The molecule has 1 aliphatic heterocycles. The van der Waals surface area contributed by atoms with Crippen LogP contribution in [0.4, 0.5) is 0 Å². The number of carbonyl (C=O) groups is 2. The Morgan fingerprint density at radius 1 is 1.33 bits per heavy atom. The Morgan fingerprint density at radius 3 is 2.95 bits per heavy atom. The van der Waals surface area contributed by atoms with E-state index in [2.05, 4.69) is 4.98 Å². The zero-order chi connectivity index (χ0) is 14.8. The van der Waals surface area contributed by atoms with Crippen LogP contribution in [-0.2, 0) is 22.4 Å². The molecule has 1 aromatic heterocycles. The molecule has 1 fully saturated rings. The number of ether oxygens (including phenoxy) is 1. The maximum absolute atomic E-state index is 12.5. The smallest absolute Gasteiger partial charge is 0.334 e. The molecule has 1 N–H and O–H groups in total. The van der Waals surface area contributed by atoms with Gasteiger partial charge in [0.2, 0.25) is 0 Å². The monoisotopic (exact) mass is 290 g/mol. The van der Waals surface area contributed by atoms with Gasteiger partial charge in [-0.15, -0.1) is 0 Å². The number of carboxylic acids is 1.